The average molecular weight is 1060 g/mol. The maximum atomic E-state index is 14.1. The summed E-state index contributed by atoms with van der Waals surface area (Å²) in [5.41, 5.74) is 0.520. The Morgan fingerprint density at radius 1 is 0.649 bits per heavy atom. The Bertz CT molecular complexity index is 1940. The Kier molecular flexibility index (Phi) is 18.6. The summed E-state index contributed by atoms with van der Waals surface area (Å²) < 4.78 is 47.4. The molecule has 8 rings (SSSR count). The topological polar surface area (TPSA) is 371 Å². The Hall–Kier alpha value is -1.76. The van der Waals surface area contributed by atoms with Gasteiger partial charge in [0.1, 0.15) is 103 Å². The van der Waals surface area contributed by atoms with Crippen molar-refractivity contribution in [2.75, 3.05) is 26.4 Å². The summed E-state index contributed by atoms with van der Waals surface area (Å²) in [6.07, 6.45) is -24.0. The molecule has 23 heteroatoms. The van der Waals surface area contributed by atoms with E-state index in [9.17, 15) is 76.0 Å². The molecule has 0 aromatic rings. The van der Waals surface area contributed by atoms with E-state index in [0.717, 1.165) is 12.8 Å². The predicted octanol–water partition coefficient (Wildman–Crippen LogP) is -2.96. The molecule has 0 amide bonds. The first kappa shape index (κ1) is 58.4. The lowest BCUT2D eigenvalue weighted by Crippen LogP contribution is -2.67. The number of fused-ring (bicyclic) bond motifs is 5. The molecule has 4 aliphatic carbocycles. The fraction of sp³-hybridized carbons (Fsp3) is 0.922. The standard InChI is InChI=1S/C51H82O23/c1-20(19-67-46-40(63)38(61)35(58)30(16-52)70-46)6-9-28(55)21(2)33-29(56)15-27-25-8-7-23-14-24(10-12-50(23,4)26(25)11-13-51(27,33)5)69-49-45(74-47-41(64)37(60)34(57)22(3)68-47)43(66)44(32(18-54)72-49)73-48-42(65)39(62)36(59)31(17-53)71-48/h7,20-22,24-27,30-49,52-54,57-66H,6,8-19H2,1-5H3/t20-,21-,22?,24+,25-,26+,27+,30?,31?,32?,33?,34+,35-,36-,37?,38?,39?,40?,41?,42?,43?,44-,45?,46-,47+,48+,49-,50+,51+/m1/s1. The van der Waals surface area contributed by atoms with Gasteiger partial charge >= 0.3 is 0 Å². The molecule has 0 aromatic heterocycles. The molecule has 23 nitrogen and oxygen atoms in total. The van der Waals surface area contributed by atoms with Crippen LogP contribution < -0.4 is 0 Å². The van der Waals surface area contributed by atoms with Gasteiger partial charge < -0.3 is 104 Å². The molecule has 0 radical (unpaired) electrons. The van der Waals surface area contributed by atoms with Crippen molar-refractivity contribution in [3.63, 3.8) is 0 Å². The zero-order valence-electron chi connectivity index (χ0n) is 42.8. The minimum absolute atomic E-state index is 0.0131. The summed E-state index contributed by atoms with van der Waals surface area (Å²) in [6.45, 7) is 7.62. The number of carbonyl (C=O) groups excluding carboxylic acids is 2. The number of rotatable bonds is 17. The summed E-state index contributed by atoms with van der Waals surface area (Å²) in [5.74, 6) is -0.523. The fourth-order valence-corrected chi connectivity index (χ4v) is 14.0. The van der Waals surface area contributed by atoms with Crippen LogP contribution in [0.25, 0.3) is 0 Å². The summed E-state index contributed by atoms with van der Waals surface area (Å²) in [5, 5.41) is 136. The van der Waals surface area contributed by atoms with Gasteiger partial charge in [0.25, 0.3) is 0 Å². The summed E-state index contributed by atoms with van der Waals surface area (Å²) in [4.78, 5) is 28.0. The molecule has 0 aromatic carbocycles. The second-order valence-corrected chi connectivity index (χ2v) is 23.2. The first-order valence-corrected chi connectivity index (χ1v) is 26.6. The molecule has 7 fully saturated rings. The number of Topliss-reactive ketones (excluding diaryl/α,β-unsaturated/α-hetero) is 2. The number of hydrogen-bond acceptors (Lipinski definition) is 23. The molecule has 74 heavy (non-hydrogen) atoms. The van der Waals surface area contributed by atoms with Gasteiger partial charge in [-0.1, -0.05) is 39.3 Å². The van der Waals surface area contributed by atoms with E-state index in [4.69, 9.17) is 37.9 Å². The van der Waals surface area contributed by atoms with Crippen LogP contribution in [0.15, 0.2) is 11.6 Å². The van der Waals surface area contributed by atoms with Crippen LogP contribution in [0, 0.1) is 46.3 Å². The second-order valence-electron chi connectivity index (χ2n) is 23.2. The third-order valence-electron chi connectivity index (χ3n) is 18.6. The van der Waals surface area contributed by atoms with Gasteiger partial charge in [-0.15, -0.1) is 0 Å². The maximum absolute atomic E-state index is 14.1. The average Bonchev–Trinajstić information content (AvgIpc) is 3.66. The molecular formula is C51H82O23. The van der Waals surface area contributed by atoms with Crippen molar-refractivity contribution in [3.8, 4) is 0 Å². The van der Waals surface area contributed by atoms with E-state index >= 15 is 0 Å². The SMILES string of the molecule is CC1O[C@@H](OC2C(O)[C@H](O[C@@H]3OC(CO)[C@@H](O)C(O)C3O)C(CO)O[C@H]2O[C@H]2CC[C@@]3(C)C(=CC[C@@H]4[C@@H]3CC[C@]3(C)C([C@H](C)C(=O)CC[C@@H](C)CO[C@@H]5OC(CO)[C@@H](O)C(O)C5O)C(=O)C[C@@H]43)C2)C(O)C(O)[C@H]1O. The highest BCUT2D eigenvalue weighted by Crippen LogP contribution is 2.66. The normalized spacial score (nSPS) is 50.5. The summed E-state index contributed by atoms with van der Waals surface area (Å²) in [7, 11) is 0. The Balaban J connectivity index is 0.919. The smallest absolute Gasteiger partial charge is 0.187 e. The number of allylic oxidation sites excluding steroid dienone is 1. The lowest BCUT2D eigenvalue weighted by Gasteiger charge is -2.58. The van der Waals surface area contributed by atoms with Gasteiger partial charge in [0.15, 0.2) is 25.2 Å². The van der Waals surface area contributed by atoms with Crippen molar-refractivity contribution >= 4 is 11.6 Å². The van der Waals surface area contributed by atoms with Gasteiger partial charge in [-0.2, -0.15) is 0 Å². The van der Waals surface area contributed by atoms with Crippen LogP contribution in [-0.2, 0) is 47.5 Å². The molecule has 4 saturated heterocycles. The first-order chi connectivity index (χ1) is 35.0. The molecule has 3 saturated carbocycles. The summed E-state index contributed by atoms with van der Waals surface area (Å²) in [6, 6.07) is 0. The molecule has 8 aliphatic rings. The van der Waals surface area contributed by atoms with Crippen molar-refractivity contribution in [1.29, 1.82) is 0 Å². The van der Waals surface area contributed by atoms with Crippen molar-refractivity contribution in [3.05, 3.63) is 11.6 Å². The number of carbonyl (C=O) groups is 2. The molecule has 4 aliphatic heterocycles. The molecule has 4 heterocycles. The largest absolute Gasteiger partial charge is 0.394 e. The number of ketones is 2. The van der Waals surface area contributed by atoms with Crippen LogP contribution >= 0.6 is 0 Å². The highest BCUT2D eigenvalue weighted by molar-refractivity contribution is 5.92. The van der Waals surface area contributed by atoms with Gasteiger partial charge in [-0.05, 0) is 86.4 Å². The van der Waals surface area contributed by atoms with Crippen molar-refractivity contribution in [2.24, 2.45) is 46.3 Å². The Morgan fingerprint density at radius 2 is 1.22 bits per heavy atom. The van der Waals surface area contributed by atoms with Crippen molar-refractivity contribution in [1.82, 2.24) is 0 Å². The van der Waals surface area contributed by atoms with E-state index in [1.807, 2.05) is 13.8 Å². The minimum atomic E-state index is -1.87. The second kappa shape index (κ2) is 23.5. The van der Waals surface area contributed by atoms with Gasteiger partial charge in [0.05, 0.1) is 38.6 Å². The van der Waals surface area contributed by atoms with Crippen LogP contribution in [0.3, 0.4) is 0 Å². The van der Waals surface area contributed by atoms with E-state index in [1.54, 1.807) is 0 Å². The predicted molar refractivity (Wildman–Crippen MR) is 250 cm³/mol. The van der Waals surface area contributed by atoms with Gasteiger partial charge in [-0.3, -0.25) is 9.59 Å². The molecule has 13 unspecified atom stereocenters. The highest BCUT2D eigenvalue weighted by atomic mass is 16.8. The van der Waals surface area contributed by atoms with Crippen LogP contribution in [-0.4, -0.2) is 233 Å². The van der Waals surface area contributed by atoms with Gasteiger partial charge in [-0.25, -0.2) is 0 Å². The van der Waals surface area contributed by atoms with E-state index < -0.39 is 166 Å². The lowest BCUT2D eigenvalue weighted by atomic mass is 9.47. The van der Waals surface area contributed by atoms with E-state index in [2.05, 4.69) is 19.9 Å². The number of ether oxygens (including phenoxy) is 8. The van der Waals surface area contributed by atoms with Crippen LogP contribution in [0.4, 0.5) is 0 Å². The molecule has 0 spiro atoms. The molecule has 13 N–H and O–H groups in total. The third-order valence-corrected chi connectivity index (χ3v) is 18.6. The quantitative estimate of drug-likeness (QED) is 0.0648. The van der Waals surface area contributed by atoms with Crippen LogP contribution in [0.1, 0.15) is 92.4 Å². The number of aliphatic hydroxyl groups is 13. The van der Waals surface area contributed by atoms with Gasteiger partial charge in [0, 0.05) is 24.7 Å². The zero-order chi connectivity index (χ0) is 53.9. The highest BCUT2D eigenvalue weighted by Gasteiger charge is 2.63. The van der Waals surface area contributed by atoms with Crippen LogP contribution in [0.5, 0.6) is 0 Å². The number of aliphatic hydroxyl groups excluding tert-OH is 13. The lowest BCUT2D eigenvalue weighted by molar-refractivity contribution is -0.389. The Labute approximate surface area is 430 Å². The minimum Gasteiger partial charge on any atom is -0.394 e. The summed E-state index contributed by atoms with van der Waals surface area (Å²) >= 11 is 0. The molecule has 0 bridgehead atoms. The fourth-order valence-electron chi connectivity index (χ4n) is 14.0. The van der Waals surface area contributed by atoms with Crippen LogP contribution in [0.2, 0.25) is 0 Å². The molecular weight excluding hydrogens is 981 g/mol. The molecule has 29 atom stereocenters. The van der Waals surface area contributed by atoms with Crippen molar-refractivity contribution < 1.29 is 114 Å². The first-order valence-electron chi connectivity index (χ1n) is 26.6. The van der Waals surface area contributed by atoms with Gasteiger partial charge in [0.2, 0.25) is 0 Å². The van der Waals surface area contributed by atoms with E-state index in [0.29, 0.717) is 38.5 Å². The van der Waals surface area contributed by atoms with Crippen molar-refractivity contribution in [2.45, 2.75) is 221 Å². The zero-order valence-corrected chi connectivity index (χ0v) is 42.8. The molecule has 424 valence electrons. The van der Waals surface area contributed by atoms with E-state index in [1.165, 1.54) is 12.5 Å². The monoisotopic (exact) mass is 1060 g/mol. The third kappa shape index (κ3) is 11.0. The Morgan fingerprint density at radius 3 is 1.85 bits per heavy atom. The maximum Gasteiger partial charge on any atom is 0.187 e. The van der Waals surface area contributed by atoms with E-state index in [-0.39, 0.29) is 53.7 Å². The number of hydrogen-bond donors (Lipinski definition) is 13.